The molecule has 0 unspecified atom stereocenters. The van der Waals surface area contributed by atoms with Crippen LogP contribution < -0.4 is 4.73 Å². The Hall–Kier alpha value is -1.05. The summed E-state index contributed by atoms with van der Waals surface area (Å²) in [4.78, 5) is 0. The van der Waals surface area contributed by atoms with Gasteiger partial charge in [0.25, 0.3) is 0 Å². The first-order chi connectivity index (χ1) is 7.33. The quantitative estimate of drug-likeness (QED) is 0.415. The number of unbranched alkanes of at least 4 members (excludes halogenated alkanes) is 5. The number of pyridine rings is 1. The van der Waals surface area contributed by atoms with Crippen molar-refractivity contribution < 1.29 is 9.94 Å². The Morgan fingerprint density at radius 1 is 1.00 bits per heavy atom. The fourth-order valence-corrected chi connectivity index (χ4v) is 1.73. The number of hydrogen-bond acceptors (Lipinski definition) is 1. The van der Waals surface area contributed by atoms with E-state index in [0.717, 1.165) is 11.2 Å². The van der Waals surface area contributed by atoms with Gasteiger partial charge < -0.3 is 0 Å². The van der Waals surface area contributed by atoms with E-state index in [9.17, 15) is 0 Å². The van der Waals surface area contributed by atoms with Crippen molar-refractivity contribution in [3.05, 3.63) is 30.1 Å². The minimum Gasteiger partial charge on any atom is -0.285 e. The van der Waals surface area contributed by atoms with Gasteiger partial charge >= 0.3 is 0 Å². The molecule has 1 aromatic rings. The highest BCUT2D eigenvalue weighted by atomic mass is 16.5. The summed E-state index contributed by atoms with van der Waals surface area (Å²) >= 11 is 0. The Morgan fingerprint density at radius 2 is 1.60 bits per heavy atom. The molecule has 84 valence electrons. The van der Waals surface area contributed by atoms with Crippen molar-refractivity contribution >= 4 is 0 Å². The molecule has 0 aliphatic carbocycles. The summed E-state index contributed by atoms with van der Waals surface area (Å²) in [6.07, 6.45) is 12.5. The largest absolute Gasteiger partial charge is 0.285 e. The van der Waals surface area contributed by atoms with E-state index in [-0.39, 0.29) is 0 Å². The van der Waals surface area contributed by atoms with Crippen molar-refractivity contribution in [3.63, 3.8) is 0 Å². The summed E-state index contributed by atoms with van der Waals surface area (Å²) in [7, 11) is 0. The summed E-state index contributed by atoms with van der Waals surface area (Å²) < 4.78 is 1.09. The molecule has 0 radical (unpaired) electrons. The van der Waals surface area contributed by atoms with E-state index in [2.05, 4.69) is 6.92 Å². The summed E-state index contributed by atoms with van der Waals surface area (Å²) in [6.45, 7) is 2.24. The Labute approximate surface area is 92.5 Å². The molecule has 0 atom stereocenters. The van der Waals surface area contributed by atoms with Gasteiger partial charge in [-0.1, -0.05) is 39.0 Å². The van der Waals surface area contributed by atoms with Crippen molar-refractivity contribution in [1.29, 1.82) is 0 Å². The van der Waals surface area contributed by atoms with Gasteiger partial charge in [0.1, 0.15) is 0 Å². The van der Waals surface area contributed by atoms with E-state index in [4.69, 9.17) is 5.21 Å². The number of rotatable bonds is 7. The third-order valence-corrected chi connectivity index (χ3v) is 2.70. The van der Waals surface area contributed by atoms with Gasteiger partial charge in [-0.2, -0.15) is 0 Å². The molecule has 2 nitrogen and oxygen atoms in total. The summed E-state index contributed by atoms with van der Waals surface area (Å²) in [6, 6.07) is 3.96. The average molecular weight is 208 g/mol. The van der Waals surface area contributed by atoms with Gasteiger partial charge in [0.05, 0.1) is 0 Å². The fourth-order valence-electron chi connectivity index (χ4n) is 1.73. The van der Waals surface area contributed by atoms with Gasteiger partial charge in [0, 0.05) is 16.9 Å². The van der Waals surface area contributed by atoms with Gasteiger partial charge in [-0.05, 0) is 18.4 Å². The van der Waals surface area contributed by atoms with E-state index in [1.54, 1.807) is 12.4 Å². The lowest BCUT2D eigenvalue weighted by molar-refractivity contribution is -0.904. The highest BCUT2D eigenvalue weighted by Crippen LogP contribution is 2.08. The number of aryl methyl sites for hydroxylation is 1. The molecule has 0 aliphatic heterocycles. The molecular weight excluding hydrogens is 186 g/mol. The average Bonchev–Trinajstić information content (AvgIpc) is 2.26. The molecule has 0 bridgehead atoms. The van der Waals surface area contributed by atoms with Gasteiger partial charge in [0.15, 0.2) is 0 Å². The predicted octanol–water partition coefficient (Wildman–Crippen LogP) is 3.11. The zero-order chi connectivity index (χ0) is 10.9. The zero-order valence-corrected chi connectivity index (χ0v) is 9.65. The first-order valence-corrected chi connectivity index (χ1v) is 6.02. The van der Waals surface area contributed by atoms with Crippen LogP contribution in [0.15, 0.2) is 24.5 Å². The molecule has 1 N–H and O–H groups in total. The smallest absolute Gasteiger partial charge is 0.222 e. The molecule has 0 aliphatic rings. The topological polar surface area (TPSA) is 24.1 Å². The molecule has 0 aromatic carbocycles. The summed E-state index contributed by atoms with van der Waals surface area (Å²) in [5.41, 5.74) is 1.32. The molecule has 15 heavy (non-hydrogen) atoms. The van der Waals surface area contributed by atoms with Crippen LogP contribution in [0.5, 0.6) is 0 Å². The molecule has 1 aromatic heterocycles. The Bertz CT molecular complexity index is 256. The maximum atomic E-state index is 9.04. The molecule has 0 fully saturated rings. The highest BCUT2D eigenvalue weighted by Gasteiger charge is 1.97. The molecular formula is C13H22NO+. The molecule has 0 saturated carbocycles. The van der Waals surface area contributed by atoms with E-state index >= 15 is 0 Å². The molecule has 1 rings (SSSR count). The zero-order valence-electron chi connectivity index (χ0n) is 9.65. The van der Waals surface area contributed by atoms with E-state index in [1.807, 2.05) is 12.1 Å². The second kappa shape index (κ2) is 7.27. The lowest BCUT2D eigenvalue weighted by Crippen LogP contribution is -2.27. The van der Waals surface area contributed by atoms with Crippen molar-refractivity contribution in [2.75, 3.05) is 0 Å². The minimum absolute atomic E-state index is 1.09. The van der Waals surface area contributed by atoms with Crippen LogP contribution >= 0.6 is 0 Å². The normalized spacial score (nSPS) is 10.5. The van der Waals surface area contributed by atoms with Crippen molar-refractivity contribution in [2.45, 2.75) is 51.9 Å². The Kier molecular flexibility index (Phi) is 5.83. The third kappa shape index (κ3) is 5.40. The van der Waals surface area contributed by atoms with Crippen molar-refractivity contribution in [2.24, 2.45) is 0 Å². The van der Waals surface area contributed by atoms with Crippen LogP contribution in [-0.2, 0) is 6.42 Å². The first kappa shape index (κ1) is 12.0. The molecule has 1 heterocycles. The molecule has 0 spiro atoms. The van der Waals surface area contributed by atoms with Gasteiger partial charge in [-0.25, -0.2) is 0 Å². The van der Waals surface area contributed by atoms with Crippen LogP contribution in [0.2, 0.25) is 0 Å². The van der Waals surface area contributed by atoms with Crippen LogP contribution in [0.3, 0.4) is 0 Å². The van der Waals surface area contributed by atoms with Crippen molar-refractivity contribution in [3.8, 4) is 0 Å². The Balaban J connectivity index is 2.07. The molecule has 2 heteroatoms. The molecule has 0 amide bonds. The lowest BCUT2D eigenvalue weighted by Gasteiger charge is -2.00. The highest BCUT2D eigenvalue weighted by molar-refractivity contribution is 5.06. The second-order valence-corrected chi connectivity index (χ2v) is 4.10. The van der Waals surface area contributed by atoms with E-state index < -0.39 is 0 Å². The Morgan fingerprint density at radius 3 is 2.27 bits per heavy atom. The number of hydrogen-bond donors (Lipinski definition) is 1. The standard InChI is InChI=1S/C13H22NO/c1-2-3-4-5-6-7-8-13-9-11-14(15)12-10-13/h9-12,15H,2-8H2,1H3/q+1. The molecule has 0 saturated heterocycles. The maximum absolute atomic E-state index is 9.04. The van der Waals surface area contributed by atoms with Crippen LogP contribution in [-0.4, -0.2) is 5.21 Å². The van der Waals surface area contributed by atoms with E-state index in [0.29, 0.717) is 0 Å². The fraction of sp³-hybridized carbons (Fsp3) is 0.615. The first-order valence-electron chi connectivity index (χ1n) is 6.02. The van der Waals surface area contributed by atoms with E-state index in [1.165, 1.54) is 44.1 Å². The number of aromatic nitrogens is 1. The second-order valence-electron chi connectivity index (χ2n) is 4.10. The summed E-state index contributed by atoms with van der Waals surface area (Å²) in [5, 5.41) is 9.04. The van der Waals surface area contributed by atoms with Crippen molar-refractivity contribution in [1.82, 2.24) is 0 Å². The van der Waals surface area contributed by atoms with Gasteiger partial charge in [-0.3, -0.25) is 5.21 Å². The van der Waals surface area contributed by atoms with Crippen LogP contribution in [0.1, 0.15) is 51.0 Å². The maximum Gasteiger partial charge on any atom is 0.222 e. The predicted molar refractivity (Wildman–Crippen MR) is 60.9 cm³/mol. The SMILES string of the molecule is CCCCCCCCc1cc[n+](O)cc1. The summed E-state index contributed by atoms with van der Waals surface area (Å²) in [5.74, 6) is 0. The lowest BCUT2D eigenvalue weighted by atomic mass is 10.1. The monoisotopic (exact) mass is 208 g/mol. The van der Waals surface area contributed by atoms with Crippen LogP contribution in [0.25, 0.3) is 0 Å². The van der Waals surface area contributed by atoms with Gasteiger partial charge in [-0.15, -0.1) is 0 Å². The van der Waals surface area contributed by atoms with Crippen LogP contribution in [0.4, 0.5) is 0 Å². The minimum atomic E-state index is 1.09. The third-order valence-electron chi connectivity index (χ3n) is 2.70. The van der Waals surface area contributed by atoms with Gasteiger partial charge in [0.2, 0.25) is 12.4 Å². The van der Waals surface area contributed by atoms with Crippen LogP contribution in [0, 0.1) is 0 Å². The number of nitrogens with zero attached hydrogens (tertiary/aromatic N) is 1.